The van der Waals surface area contributed by atoms with E-state index in [4.69, 9.17) is 11.6 Å². The van der Waals surface area contributed by atoms with Crippen LogP contribution in [0.3, 0.4) is 0 Å². The molecular formula is C29H28Cl2F3N5O2. The first kappa shape index (κ1) is 31.6. The zero-order chi connectivity index (χ0) is 29.2. The number of nitrogens with one attached hydrogen (secondary N) is 3. The molecule has 0 atom stereocenters. The van der Waals surface area contributed by atoms with Crippen LogP contribution >= 0.6 is 24.0 Å². The molecule has 1 heterocycles. The number of halogens is 5. The fourth-order valence-electron chi connectivity index (χ4n) is 3.84. The van der Waals surface area contributed by atoms with E-state index in [2.05, 4.69) is 25.9 Å². The number of anilines is 2. The van der Waals surface area contributed by atoms with Gasteiger partial charge in [-0.15, -0.1) is 12.4 Å². The quantitative estimate of drug-likeness (QED) is 0.213. The maximum Gasteiger partial charge on any atom is 0.416 e. The molecule has 4 rings (SSSR count). The summed E-state index contributed by atoms with van der Waals surface area (Å²) >= 11 is 6.31. The van der Waals surface area contributed by atoms with E-state index >= 15 is 0 Å². The van der Waals surface area contributed by atoms with Gasteiger partial charge in [-0.25, -0.2) is 9.97 Å². The number of aromatic nitrogens is 2. The fourth-order valence-corrected chi connectivity index (χ4v) is 4.04. The minimum Gasteiger partial charge on any atom is -0.373 e. The molecule has 0 bridgehead atoms. The molecule has 1 aromatic heterocycles. The van der Waals surface area contributed by atoms with Crippen LogP contribution in [0.15, 0.2) is 60.7 Å². The number of alkyl halides is 3. The smallest absolute Gasteiger partial charge is 0.373 e. The lowest BCUT2D eigenvalue weighted by Gasteiger charge is -2.18. The van der Waals surface area contributed by atoms with Gasteiger partial charge in [0.05, 0.1) is 21.7 Å². The van der Waals surface area contributed by atoms with Crippen LogP contribution in [0.25, 0.3) is 22.3 Å². The van der Waals surface area contributed by atoms with E-state index in [9.17, 15) is 22.8 Å². The molecule has 0 aliphatic carbocycles. The first-order valence-corrected chi connectivity index (χ1v) is 12.7. The fraction of sp³-hybridized carbons (Fsp3) is 0.241. The molecule has 0 fully saturated rings. The topological polar surface area (TPSA) is 96.0 Å². The average Bonchev–Trinajstić information content (AvgIpc) is 2.90. The van der Waals surface area contributed by atoms with Gasteiger partial charge >= 0.3 is 6.18 Å². The van der Waals surface area contributed by atoms with Gasteiger partial charge in [0.15, 0.2) is 5.82 Å². The maximum atomic E-state index is 13.1. The van der Waals surface area contributed by atoms with Crippen molar-refractivity contribution in [1.82, 2.24) is 15.3 Å². The molecule has 0 radical (unpaired) electrons. The molecule has 41 heavy (non-hydrogen) atoms. The highest BCUT2D eigenvalue weighted by Gasteiger charge is 2.30. The van der Waals surface area contributed by atoms with Crippen molar-refractivity contribution in [3.63, 3.8) is 0 Å². The predicted octanol–water partition coefficient (Wildman–Crippen LogP) is 7.35. The SMILES string of the molecule is CNc1nc(-c2ccc(C(F)(F)F)cc2)nc2cc(NC(=O)c3cc(CNC(=O)C(C)(C)C)ccc3Cl)ccc12.Cl. The van der Waals surface area contributed by atoms with Crippen molar-refractivity contribution in [1.29, 1.82) is 0 Å². The summed E-state index contributed by atoms with van der Waals surface area (Å²) in [6.45, 7) is 5.66. The Bertz CT molecular complexity index is 1590. The summed E-state index contributed by atoms with van der Waals surface area (Å²) in [7, 11) is 1.67. The third-order valence-corrected chi connectivity index (χ3v) is 6.40. The Hall–Kier alpha value is -3.89. The van der Waals surface area contributed by atoms with Gasteiger partial charge in [-0.2, -0.15) is 13.2 Å². The lowest BCUT2D eigenvalue weighted by Crippen LogP contribution is -2.34. The van der Waals surface area contributed by atoms with Gasteiger partial charge in [-0.05, 0) is 48.0 Å². The Morgan fingerprint density at radius 2 is 1.61 bits per heavy atom. The number of benzene rings is 3. The minimum absolute atomic E-state index is 0. The van der Waals surface area contributed by atoms with E-state index in [-0.39, 0.29) is 41.3 Å². The number of hydrogen-bond acceptors (Lipinski definition) is 5. The molecule has 7 nitrogen and oxygen atoms in total. The number of rotatable bonds is 6. The standard InChI is InChI=1S/C29H27ClF3N5O2.ClH/c1-28(2,3)27(40)35-15-16-5-12-22(30)21(13-16)26(39)36-19-10-11-20-23(14-19)37-24(38-25(20)34-4)17-6-8-18(9-7-17)29(31,32)33;/h5-14H,15H2,1-4H3,(H,35,40)(H,36,39)(H,34,37,38);1H. The predicted molar refractivity (Wildman–Crippen MR) is 157 cm³/mol. The van der Waals surface area contributed by atoms with Gasteiger partial charge in [0.1, 0.15) is 5.82 Å². The van der Waals surface area contributed by atoms with E-state index in [0.29, 0.717) is 33.5 Å². The Morgan fingerprint density at radius 3 is 2.22 bits per heavy atom. The van der Waals surface area contributed by atoms with Crippen molar-refractivity contribution in [3.05, 3.63) is 82.4 Å². The van der Waals surface area contributed by atoms with E-state index in [1.54, 1.807) is 43.4 Å². The summed E-state index contributed by atoms with van der Waals surface area (Å²) in [6, 6.07) is 14.6. The second kappa shape index (κ2) is 12.3. The third-order valence-electron chi connectivity index (χ3n) is 6.07. The van der Waals surface area contributed by atoms with E-state index in [0.717, 1.165) is 12.1 Å². The van der Waals surface area contributed by atoms with Crippen LogP contribution < -0.4 is 16.0 Å². The largest absolute Gasteiger partial charge is 0.416 e. The summed E-state index contributed by atoms with van der Waals surface area (Å²) in [4.78, 5) is 34.3. The highest BCUT2D eigenvalue weighted by atomic mass is 35.5. The number of carbonyl (C=O) groups excluding carboxylic acids is 2. The number of nitrogens with zero attached hydrogens (tertiary/aromatic N) is 2. The van der Waals surface area contributed by atoms with Crippen molar-refractivity contribution in [2.24, 2.45) is 5.41 Å². The molecule has 0 aliphatic heterocycles. The molecule has 0 saturated carbocycles. The van der Waals surface area contributed by atoms with Gasteiger partial charge < -0.3 is 16.0 Å². The number of fused-ring (bicyclic) bond motifs is 1. The molecule has 0 spiro atoms. The monoisotopic (exact) mass is 605 g/mol. The highest BCUT2D eigenvalue weighted by molar-refractivity contribution is 6.34. The van der Waals surface area contributed by atoms with Crippen LogP contribution in [0, 0.1) is 5.41 Å². The van der Waals surface area contributed by atoms with E-state index in [1.165, 1.54) is 12.1 Å². The summed E-state index contributed by atoms with van der Waals surface area (Å²) < 4.78 is 38.9. The molecule has 216 valence electrons. The minimum atomic E-state index is -4.45. The second-order valence-corrected chi connectivity index (χ2v) is 10.6. The Labute approximate surface area is 246 Å². The van der Waals surface area contributed by atoms with Gasteiger partial charge in [0.25, 0.3) is 5.91 Å². The second-order valence-electron chi connectivity index (χ2n) is 10.2. The van der Waals surface area contributed by atoms with Gasteiger partial charge in [0.2, 0.25) is 5.91 Å². The third kappa shape index (κ3) is 7.45. The zero-order valence-corrected chi connectivity index (χ0v) is 24.2. The summed E-state index contributed by atoms with van der Waals surface area (Å²) in [5, 5.41) is 9.54. The summed E-state index contributed by atoms with van der Waals surface area (Å²) in [6.07, 6.45) is -4.45. The Balaban J connectivity index is 0.00000462. The molecule has 3 N–H and O–H groups in total. The number of amides is 2. The lowest BCUT2D eigenvalue weighted by atomic mass is 9.95. The van der Waals surface area contributed by atoms with Crippen LogP contribution in [-0.2, 0) is 17.5 Å². The number of carbonyl (C=O) groups is 2. The van der Waals surface area contributed by atoms with Crippen LogP contribution in [0.2, 0.25) is 5.02 Å². The molecule has 3 aromatic carbocycles. The van der Waals surface area contributed by atoms with Gasteiger partial charge in [0, 0.05) is 35.6 Å². The van der Waals surface area contributed by atoms with Crippen molar-refractivity contribution < 1.29 is 22.8 Å². The normalized spacial score (nSPS) is 11.5. The van der Waals surface area contributed by atoms with Crippen molar-refractivity contribution in [2.75, 3.05) is 17.7 Å². The van der Waals surface area contributed by atoms with Crippen molar-refractivity contribution in [3.8, 4) is 11.4 Å². The Kier molecular flexibility index (Phi) is 9.51. The van der Waals surface area contributed by atoms with Crippen LogP contribution in [0.1, 0.15) is 42.3 Å². The molecule has 0 aliphatic rings. The summed E-state index contributed by atoms with van der Waals surface area (Å²) in [5.74, 6) is 0.121. The molecule has 12 heteroatoms. The molecule has 2 amide bonds. The average molecular weight is 606 g/mol. The molecule has 4 aromatic rings. The molecular weight excluding hydrogens is 578 g/mol. The van der Waals surface area contributed by atoms with E-state index in [1.807, 2.05) is 20.8 Å². The van der Waals surface area contributed by atoms with Crippen LogP contribution in [-0.4, -0.2) is 28.8 Å². The Morgan fingerprint density at radius 1 is 0.927 bits per heavy atom. The molecule has 0 saturated heterocycles. The zero-order valence-electron chi connectivity index (χ0n) is 22.6. The van der Waals surface area contributed by atoms with E-state index < -0.39 is 23.1 Å². The lowest BCUT2D eigenvalue weighted by molar-refractivity contribution is -0.137. The van der Waals surface area contributed by atoms with Crippen LogP contribution in [0.4, 0.5) is 24.7 Å². The van der Waals surface area contributed by atoms with Crippen molar-refractivity contribution in [2.45, 2.75) is 33.5 Å². The number of hydrogen-bond donors (Lipinski definition) is 3. The first-order chi connectivity index (χ1) is 18.8. The van der Waals surface area contributed by atoms with Gasteiger partial charge in [-0.1, -0.05) is 50.6 Å². The highest BCUT2D eigenvalue weighted by Crippen LogP contribution is 2.32. The molecule has 0 unspecified atom stereocenters. The van der Waals surface area contributed by atoms with Gasteiger partial charge in [-0.3, -0.25) is 9.59 Å². The maximum absolute atomic E-state index is 13.1. The first-order valence-electron chi connectivity index (χ1n) is 12.3. The van der Waals surface area contributed by atoms with Crippen LogP contribution in [0.5, 0.6) is 0 Å². The summed E-state index contributed by atoms with van der Waals surface area (Å²) in [5.41, 5.74) is 0.923. The van der Waals surface area contributed by atoms with Crippen molar-refractivity contribution >= 4 is 58.2 Å².